The summed E-state index contributed by atoms with van der Waals surface area (Å²) < 4.78 is 68.3. The molecule has 0 amide bonds. The predicted molar refractivity (Wildman–Crippen MR) is 381 cm³/mol. The Bertz CT molecular complexity index is 2030. The van der Waals surface area contributed by atoms with Crippen LogP contribution in [0.1, 0.15) is 336 Å². The molecule has 0 saturated carbocycles. The molecule has 0 fully saturated rings. The molecule has 0 aromatic rings. The lowest BCUT2D eigenvalue weighted by Crippen LogP contribution is -2.30. The number of esters is 4. The van der Waals surface area contributed by atoms with Crippen molar-refractivity contribution in [3.8, 4) is 0 Å². The molecule has 0 rings (SSSR count). The van der Waals surface area contributed by atoms with Crippen molar-refractivity contribution in [2.24, 2.45) is 0 Å². The van der Waals surface area contributed by atoms with Gasteiger partial charge in [0.05, 0.1) is 26.4 Å². The highest BCUT2D eigenvalue weighted by Gasteiger charge is 2.30. The average molecular weight is 1370 g/mol. The van der Waals surface area contributed by atoms with E-state index in [4.69, 9.17) is 37.0 Å². The summed E-state index contributed by atoms with van der Waals surface area (Å²) in [5.41, 5.74) is 0. The van der Waals surface area contributed by atoms with Crippen molar-refractivity contribution in [2.45, 2.75) is 354 Å². The van der Waals surface area contributed by atoms with Crippen LogP contribution in [-0.4, -0.2) is 96.7 Å². The van der Waals surface area contributed by atoms with Gasteiger partial charge in [-0.1, -0.05) is 281 Å². The van der Waals surface area contributed by atoms with E-state index in [-0.39, 0.29) is 25.7 Å². The monoisotopic (exact) mass is 1370 g/mol. The molecule has 0 aliphatic carbocycles. The predicted octanol–water partition coefficient (Wildman–Crippen LogP) is 21.1. The topological polar surface area (TPSA) is 237 Å². The van der Waals surface area contributed by atoms with Crippen LogP contribution in [0.4, 0.5) is 0 Å². The SMILES string of the molecule is CC/C=C\C/C=C\C/C=C\C/C=C\CCCCCCCCC(=O)OCC(COP(=O)(O)OCC(O)COP(=O)(O)OCC(COC(=O)CCCCCCCCCCCCC)OC(=O)CCCCCCCCCCCCC)OC(=O)CCCCCCC/C=C\CCCCCC. The third-order valence-electron chi connectivity index (χ3n) is 16.0. The summed E-state index contributed by atoms with van der Waals surface area (Å²) in [5.74, 6) is -2.17. The van der Waals surface area contributed by atoms with Crippen molar-refractivity contribution in [3.63, 3.8) is 0 Å². The van der Waals surface area contributed by atoms with E-state index in [1.54, 1.807) is 0 Å². The van der Waals surface area contributed by atoms with Crippen LogP contribution >= 0.6 is 15.6 Å². The summed E-state index contributed by atoms with van der Waals surface area (Å²) in [4.78, 5) is 72.7. The Labute approximate surface area is 571 Å². The van der Waals surface area contributed by atoms with Gasteiger partial charge in [0.25, 0.3) is 0 Å². The molecule has 0 radical (unpaired) electrons. The molecule has 3 N–H and O–H groups in total. The highest BCUT2D eigenvalue weighted by Crippen LogP contribution is 2.45. The van der Waals surface area contributed by atoms with Crippen molar-refractivity contribution in [1.82, 2.24) is 0 Å². The van der Waals surface area contributed by atoms with E-state index in [2.05, 4.69) is 88.5 Å². The molecule has 548 valence electrons. The molecule has 0 spiro atoms. The van der Waals surface area contributed by atoms with Gasteiger partial charge >= 0.3 is 39.5 Å². The number of hydrogen-bond donors (Lipinski definition) is 3. The van der Waals surface area contributed by atoms with Crippen molar-refractivity contribution in [2.75, 3.05) is 39.6 Å². The number of carbonyl (C=O) groups excluding carboxylic acids is 4. The zero-order chi connectivity index (χ0) is 69.0. The Hall–Kier alpha value is -3.24. The zero-order valence-electron chi connectivity index (χ0n) is 59.6. The molecular formula is C75H136O17P2. The number of aliphatic hydroxyl groups excluding tert-OH is 1. The smallest absolute Gasteiger partial charge is 0.462 e. The van der Waals surface area contributed by atoms with Crippen LogP contribution in [0, 0.1) is 0 Å². The lowest BCUT2D eigenvalue weighted by Gasteiger charge is -2.21. The van der Waals surface area contributed by atoms with Crippen molar-refractivity contribution in [3.05, 3.63) is 60.8 Å². The first-order valence-corrected chi connectivity index (χ1v) is 40.5. The molecule has 0 bridgehead atoms. The van der Waals surface area contributed by atoms with Crippen molar-refractivity contribution in [1.29, 1.82) is 0 Å². The minimum atomic E-state index is -4.97. The number of rotatable bonds is 71. The van der Waals surface area contributed by atoms with Crippen LogP contribution in [0.3, 0.4) is 0 Å². The second-order valence-electron chi connectivity index (χ2n) is 25.2. The van der Waals surface area contributed by atoms with Gasteiger partial charge in [0, 0.05) is 25.7 Å². The fraction of sp³-hybridized carbons (Fsp3) is 0.813. The number of hydrogen-bond acceptors (Lipinski definition) is 15. The van der Waals surface area contributed by atoms with Crippen LogP contribution < -0.4 is 0 Å². The summed E-state index contributed by atoms with van der Waals surface area (Å²) >= 11 is 0. The van der Waals surface area contributed by atoms with Gasteiger partial charge in [-0.2, -0.15) is 0 Å². The molecule has 5 unspecified atom stereocenters. The van der Waals surface area contributed by atoms with Crippen LogP contribution in [0.15, 0.2) is 60.8 Å². The number of ether oxygens (including phenoxy) is 4. The standard InChI is InChI=1S/C75H136O17P2/c1-5-9-13-17-21-25-29-31-32-33-34-35-36-38-41-44-48-52-56-60-73(78)86-66-71(92-75(80)62-58-54-50-46-42-37-30-26-22-18-14-10-6-2)68-90-94(83,84)88-64-69(76)63-87-93(81,82)89-67-70(91-74(79)61-57-53-49-45-40-28-24-20-16-12-8-4)65-85-72(77)59-55-51-47-43-39-27-23-19-15-11-7-3/h9,13,21,25-26,30-32,34-35,69-71,76H,5-8,10-12,14-20,22-24,27-29,33,36-68H2,1-4H3,(H,81,82)(H,83,84)/b13-9-,25-21-,30-26-,32-31-,35-34-. The quantitative estimate of drug-likeness (QED) is 0.0169. The molecule has 0 aromatic heterocycles. The van der Waals surface area contributed by atoms with E-state index in [0.29, 0.717) is 25.7 Å². The van der Waals surface area contributed by atoms with Crippen molar-refractivity contribution < 1.29 is 80.2 Å². The molecule has 17 nitrogen and oxygen atoms in total. The Morgan fingerprint density at radius 1 is 0.309 bits per heavy atom. The first-order valence-electron chi connectivity index (χ1n) is 37.5. The van der Waals surface area contributed by atoms with E-state index >= 15 is 0 Å². The first kappa shape index (κ1) is 90.8. The number of carbonyl (C=O) groups is 4. The number of phosphoric acid groups is 2. The minimum absolute atomic E-state index is 0.0850. The average Bonchev–Trinajstić information content (AvgIpc) is 1.73. The van der Waals surface area contributed by atoms with E-state index in [9.17, 15) is 43.2 Å². The second kappa shape index (κ2) is 68.3. The lowest BCUT2D eigenvalue weighted by atomic mass is 10.1. The number of phosphoric ester groups is 2. The highest BCUT2D eigenvalue weighted by molar-refractivity contribution is 7.47. The third-order valence-corrected chi connectivity index (χ3v) is 17.9. The molecular weight excluding hydrogens is 1230 g/mol. The Morgan fingerprint density at radius 3 is 0.872 bits per heavy atom. The number of unbranched alkanes of at least 4 members (excludes halogenated alkanes) is 35. The molecule has 19 heteroatoms. The van der Waals surface area contributed by atoms with E-state index in [0.717, 1.165) is 148 Å². The zero-order valence-corrected chi connectivity index (χ0v) is 61.4. The summed E-state index contributed by atoms with van der Waals surface area (Å²) in [6.07, 6.45) is 65.0. The largest absolute Gasteiger partial charge is 0.472 e. The number of aliphatic hydroxyl groups is 1. The van der Waals surface area contributed by atoms with Gasteiger partial charge in [-0.15, -0.1) is 0 Å². The Morgan fingerprint density at radius 2 is 0.553 bits per heavy atom. The van der Waals surface area contributed by atoms with Gasteiger partial charge in [0.2, 0.25) is 0 Å². The van der Waals surface area contributed by atoms with Gasteiger partial charge in [-0.05, 0) is 89.9 Å². The van der Waals surface area contributed by atoms with Crippen LogP contribution in [0.5, 0.6) is 0 Å². The van der Waals surface area contributed by atoms with Gasteiger partial charge in [-0.25, -0.2) is 9.13 Å². The highest BCUT2D eigenvalue weighted by atomic mass is 31.2. The second-order valence-corrected chi connectivity index (χ2v) is 28.1. The minimum Gasteiger partial charge on any atom is -0.462 e. The summed E-state index contributed by atoms with van der Waals surface area (Å²) in [5, 5.41) is 10.6. The van der Waals surface area contributed by atoms with E-state index in [1.165, 1.54) is 109 Å². The third kappa shape index (κ3) is 67.3. The van der Waals surface area contributed by atoms with E-state index in [1.807, 2.05) is 0 Å². The molecule has 0 aromatic carbocycles. The normalized spacial score (nSPS) is 14.3. The van der Waals surface area contributed by atoms with Crippen molar-refractivity contribution >= 4 is 39.5 Å². The van der Waals surface area contributed by atoms with Gasteiger partial charge in [0.1, 0.15) is 19.3 Å². The maximum Gasteiger partial charge on any atom is 0.472 e. The number of allylic oxidation sites excluding steroid dienone is 10. The van der Waals surface area contributed by atoms with Crippen LogP contribution in [0.25, 0.3) is 0 Å². The maximum absolute atomic E-state index is 13.1. The fourth-order valence-corrected chi connectivity index (χ4v) is 11.8. The van der Waals surface area contributed by atoms with Gasteiger partial charge in [0.15, 0.2) is 12.2 Å². The Balaban J connectivity index is 5.28. The lowest BCUT2D eigenvalue weighted by molar-refractivity contribution is -0.161. The molecule has 0 heterocycles. The summed E-state index contributed by atoms with van der Waals surface area (Å²) in [7, 11) is -9.93. The van der Waals surface area contributed by atoms with Crippen LogP contribution in [0.2, 0.25) is 0 Å². The van der Waals surface area contributed by atoms with Crippen LogP contribution in [-0.2, 0) is 65.4 Å². The molecule has 94 heavy (non-hydrogen) atoms. The Kier molecular flexibility index (Phi) is 65.9. The first-order chi connectivity index (χ1) is 45.7. The van der Waals surface area contributed by atoms with Gasteiger partial charge in [-0.3, -0.25) is 37.3 Å². The molecule has 5 atom stereocenters. The summed E-state index contributed by atoms with van der Waals surface area (Å²) in [6.45, 7) is 4.75. The van der Waals surface area contributed by atoms with Gasteiger partial charge < -0.3 is 33.8 Å². The van der Waals surface area contributed by atoms with E-state index < -0.39 is 97.5 Å². The molecule has 0 saturated heterocycles. The summed E-state index contributed by atoms with van der Waals surface area (Å²) in [6, 6.07) is 0. The molecule has 0 aliphatic rings. The molecule has 0 aliphatic heterocycles. The fourth-order valence-electron chi connectivity index (χ4n) is 10.3. The maximum atomic E-state index is 13.1.